The third-order valence-electron chi connectivity index (χ3n) is 3.89. The molecule has 1 amide bonds. The summed E-state index contributed by atoms with van der Waals surface area (Å²) in [6, 6.07) is 7.28. The van der Waals surface area contributed by atoms with E-state index >= 15 is 0 Å². The molecule has 0 aromatic heterocycles. The Labute approximate surface area is 101 Å². The van der Waals surface area contributed by atoms with Crippen molar-refractivity contribution in [3.8, 4) is 0 Å². The molecule has 1 aromatic carbocycles. The molecule has 0 aliphatic carbocycles. The predicted octanol–water partition coefficient (Wildman–Crippen LogP) is 2.51. The molecule has 3 nitrogen and oxygen atoms in total. The van der Waals surface area contributed by atoms with Gasteiger partial charge in [-0.3, -0.25) is 9.59 Å². The molecule has 17 heavy (non-hydrogen) atoms. The summed E-state index contributed by atoms with van der Waals surface area (Å²) in [5, 5.41) is 0. The lowest BCUT2D eigenvalue weighted by Crippen LogP contribution is -2.52. The Hall–Kier alpha value is -1.64. The van der Waals surface area contributed by atoms with Crippen molar-refractivity contribution in [3.63, 3.8) is 0 Å². The highest BCUT2D eigenvalue weighted by Gasteiger charge is 2.50. The van der Waals surface area contributed by atoms with Crippen molar-refractivity contribution in [3.05, 3.63) is 29.8 Å². The normalized spacial score (nSPS) is 24.2. The molecule has 0 spiro atoms. The van der Waals surface area contributed by atoms with Gasteiger partial charge in [-0.05, 0) is 25.0 Å². The van der Waals surface area contributed by atoms with Gasteiger partial charge in [-0.2, -0.15) is 0 Å². The van der Waals surface area contributed by atoms with Crippen molar-refractivity contribution in [1.29, 1.82) is 0 Å². The first-order chi connectivity index (χ1) is 7.90. The number of benzene rings is 1. The minimum Gasteiger partial charge on any atom is -0.314 e. The molecule has 1 aromatic rings. The number of para-hydroxylation sites is 1. The first kappa shape index (κ1) is 11.8. The lowest BCUT2D eigenvalue weighted by Gasteiger charge is -2.39. The molecule has 0 radical (unpaired) electrons. The number of nitrogens with zero attached hydrogens (tertiary/aromatic N) is 1. The monoisotopic (exact) mass is 231 g/mol. The molecule has 1 aliphatic heterocycles. The number of ketones is 1. The molecule has 3 heteroatoms. The Morgan fingerprint density at radius 1 is 1.18 bits per heavy atom. The van der Waals surface area contributed by atoms with Crippen LogP contribution in [0.2, 0.25) is 0 Å². The summed E-state index contributed by atoms with van der Waals surface area (Å²) in [7, 11) is 1.73. The van der Waals surface area contributed by atoms with Crippen LogP contribution in [-0.4, -0.2) is 18.7 Å². The smallest absolute Gasteiger partial charge is 0.240 e. The van der Waals surface area contributed by atoms with Gasteiger partial charge in [-0.15, -0.1) is 0 Å². The molecule has 0 fully saturated rings. The zero-order valence-corrected chi connectivity index (χ0v) is 10.7. The third kappa shape index (κ3) is 1.42. The van der Waals surface area contributed by atoms with Crippen molar-refractivity contribution in [2.75, 3.05) is 11.9 Å². The van der Waals surface area contributed by atoms with Crippen LogP contribution in [-0.2, 0) is 4.79 Å². The van der Waals surface area contributed by atoms with E-state index in [-0.39, 0.29) is 17.6 Å². The quantitative estimate of drug-likeness (QED) is 0.696. The van der Waals surface area contributed by atoms with Gasteiger partial charge in [-0.1, -0.05) is 26.0 Å². The van der Waals surface area contributed by atoms with Crippen molar-refractivity contribution < 1.29 is 9.59 Å². The number of hydrogen-bond acceptors (Lipinski definition) is 2. The van der Waals surface area contributed by atoms with Crippen LogP contribution < -0.4 is 4.90 Å². The van der Waals surface area contributed by atoms with E-state index in [1.54, 1.807) is 24.9 Å². The first-order valence-electron chi connectivity index (χ1n) is 5.82. The molecule has 90 valence electrons. The average Bonchev–Trinajstić information content (AvgIpc) is 2.33. The van der Waals surface area contributed by atoms with Crippen LogP contribution in [0.15, 0.2) is 24.3 Å². The van der Waals surface area contributed by atoms with Crippen LogP contribution in [0, 0.1) is 11.3 Å². The molecule has 0 unspecified atom stereocenters. The molecule has 0 N–H and O–H groups in total. The fourth-order valence-electron chi connectivity index (χ4n) is 2.30. The van der Waals surface area contributed by atoms with E-state index in [0.717, 1.165) is 0 Å². The number of carbonyl (C=O) groups is 2. The van der Waals surface area contributed by atoms with E-state index in [9.17, 15) is 9.59 Å². The highest BCUT2D eigenvalue weighted by atomic mass is 16.2. The van der Waals surface area contributed by atoms with Crippen molar-refractivity contribution in [2.24, 2.45) is 11.3 Å². The number of anilines is 1. The van der Waals surface area contributed by atoms with E-state index in [2.05, 4.69) is 0 Å². The summed E-state index contributed by atoms with van der Waals surface area (Å²) in [4.78, 5) is 26.4. The zero-order valence-electron chi connectivity index (χ0n) is 10.7. The topological polar surface area (TPSA) is 37.4 Å². The molecule has 1 heterocycles. The van der Waals surface area contributed by atoms with Gasteiger partial charge < -0.3 is 4.90 Å². The number of Topliss-reactive ketones (excluding diaryl/α,β-unsaturated/α-hetero) is 1. The zero-order chi connectivity index (χ0) is 12.8. The van der Waals surface area contributed by atoms with Gasteiger partial charge in [0.1, 0.15) is 5.41 Å². The van der Waals surface area contributed by atoms with Gasteiger partial charge >= 0.3 is 0 Å². The summed E-state index contributed by atoms with van der Waals surface area (Å²) < 4.78 is 0. The van der Waals surface area contributed by atoms with E-state index in [0.29, 0.717) is 11.3 Å². The highest BCUT2D eigenvalue weighted by Crippen LogP contribution is 2.41. The van der Waals surface area contributed by atoms with E-state index in [1.165, 1.54) is 0 Å². The second kappa shape index (κ2) is 3.69. The molecule has 0 saturated carbocycles. The van der Waals surface area contributed by atoms with Crippen LogP contribution in [0.25, 0.3) is 0 Å². The number of rotatable bonds is 1. The van der Waals surface area contributed by atoms with Crippen LogP contribution in [0.1, 0.15) is 31.1 Å². The maximum Gasteiger partial charge on any atom is 0.240 e. The van der Waals surface area contributed by atoms with Crippen LogP contribution in [0.3, 0.4) is 0 Å². The Kier molecular flexibility index (Phi) is 2.57. The van der Waals surface area contributed by atoms with Gasteiger partial charge in [-0.25, -0.2) is 0 Å². The first-order valence-corrected chi connectivity index (χ1v) is 5.82. The fourth-order valence-corrected chi connectivity index (χ4v) is 2.30. The summed E-state index contributed by atoms with van der Waals surface area (Å²) >= 11 is 0. The summed E-state index contributed by atoms with van der Waals surface area (Å²) in [5.41, 5.74) is 0.412. The highest BCUT2D eigenvalue weighted by molar-refractivity contribution is 6.24. The second-order valence-electron chi connectivity index (χ2n) is 5.07. The summed E-state index contributed by atoms with van der Waals surface area (Å²) in [6.45, 7) is 5.57. The maximum absolute atomic E-state index is 12.5. The maximum atomic E-state index is 12.5. The summed E-state index contributed by atoms with van der Waals surface area (Å²) in [5.74, 6) is -0.194. The van der Waals surface area contributed by atoms with Crippen molar-refractivity contribution in [2.45, 2.75) is 20.8 Å². The van der Waals surface area contributed by atoms with Crippen molar-refractivity contribution >= 4 is 17.4 Å². The Morgan fingerprint density at radius 2 is 1.76 bits per heavy atom. The average molecular weight is 231 g/mol. The number of amides is 1. The third-order valence-corrected chi connectivity index (χ3v) is 3.89. The standard InChI is InChI=1S/C14H17NO2/c1-9(2)14(3)12(16)10-7-5-6-8-11(10)15(4)13(14)17/h5-9H,1-4H3/t14-/m1/s1. The molecule has 2 rings (SSSR count). The van der Waals surface area contributed by atoms with E-state index in [1.807, 2.05) is 32.0 Å². The van der Waals surface area contributed by atoms with Gasteiger partial charge in [0, 0.05) is 12.6 Å². The molecule has 0 saturated heterocycles. The Bertz CT molecular complexity index is 493. The van der Waals surface area contributed by atoms with Gasteiger partial charge in [0.2, 0.25) is 5.91 Å². The van der Waals surface area contributed by atoms with Gasteiger partial charge in [0.25, 0.3) is 0 Å². The van der Waals surface area contributed by atoms with E-state index in [4.69, 9.17) is 0 Å². The molecule has 0 bridgehead atoms. The number of hydrogen-bond donors (Lipinski definition) is 0. The molecular weight excluding hydrogens is 214 g/mol. The molecule has 1 aliphatic rings. The lowest BCUT2D eigenvalue weighted by atomic mass is 9.70. The summed E-state index contributed by atoms with van der Waals surface area (Å²) in [6.07, 6.45) is 0. The van der Waals surface area contributed by atoms with Crippen LogP contribution in [0.5, 0.6) is 0 Å². The van der Waals surface area contributed by atoms with Gasteiger partial charge in [0.15, 0.2) is 5.78 Å². The SMILES string of the molecule is CC(C)[C@]1(C)C(=O)c2ccccc2N(C)C1=O. The minimum atomic E-state index is -0.941. The Balaban J connectivity index is 2.67. The van der Waals surface area contributed by atoms with Crippen LogP contribution in [0.4, 0.5) is 5.69 Å². The molecular formula is C14H17NO2. The van der Waals surface area contributed by atoms with Crippen LogP contribution >= 0.6 is 0 Å². The second-order valence-corrected chi connectivity index (χ2v) is 5.07. The Morgan fingerprint density at radius 3 is 2.35 bits per heavy atom. The van der Waals surface area contributed by atoms with E-state index < -0.39 is 5.41 Å². The number of fused-ring (bicyclic) bond motifs is 1. The largest absolute Gasteiger partial charge is 0.314 e. The fraction of sp³-hybridized carbons (Fsp3) is 0.429. The van der Waals surface area contributed by atoms with Crippen molar-refractivity contribution in [1.82, 2.24) is 0 Å². The van der Waals surface area contributed by atoms with Gasteiger partial charge in [0.05, 0.1) is 5.69 Å². The number of carbonyl (C=O) groups excluding carboxylic acids is 2. The molecule has 1 atom stereocenters. The predicted molar refractivity (Wildman–Crippen MR) is 67.1 cm³/mol. The lowest BCUT2D eigenvalue weighted by molar-refractivity contribution is -0.127. The minimum absolute atomic E-state index is 0.0155.